The molecule has 1 saturated heterocycles. The van der Waals surface area contributed by atoms with Crippen molar-refractivity contribution < 1.29 is 29.0 Å². The molecule has 3 aromatic rings. The molecule has 0 saturated carbocycles. The molecule has 0 spiro atoms. The van der Waals surface area contributed by atoms with Gasteiger partial charge in [-0.25, -0.2) is 9.59 Å². The highest BCUT2D eigenvalue weighted by Gasteiger charge is 2.30. The molecule has 1 aliphatic heterocycles. The average molecular weight is 591 g/mol. The summed E-state index contributed by atoms with van der Waals surface area (Å²) in [6, 6.07) is 21.8. The number of carboxylic acids is 1. The van der Waals surface area contributed by atoms with Crippen molar-refractivity contribution >= 4 is 29.7 Å². The maximum Gasteiger partial charge on any atom is 0.410 e. The Labute approximate surface area is 251 Å². The summed E-state index contributed by atoms with van der Waals surface area (Å²) in [7, 11) is 0. The molecule has 3 aromatic carbocycles. The van der Waals surface area contributed by atoms with Crippen LogP contribution in [0.4, 0.5) is 4.79 Å². The highest BCUT2D eigenvalue weighted by atomic mass is 32.2. The van der Waals surface area contributed by atoms with Crippen molar-refractivity contribution in [2.45, 2.75) is 51.5 Å². The first kappa shape index (κ1) is 31.1. The van der Waals surface area contributed by atoms with Crippen LogP contribution in [0.3, 0.4) is 0 Å². The Morgan fingerprint density at radius 3 is 2.50 bits per heavy atom. The monoisotopic (exact) mass is 590 g/mol. The van der Waals surface area contributed by atoms with Gasteiger partial charge in [-0.1, -0.05) is 60.7 Å². The van der Waals surface area contributed by atoms with Crippen LogP contribution in [0.15, 0.2) is 72.8 Å². The zero-order valence-corrected chi connectivity index (χ0v) is 24.9. The molecule has 2 unspecified atom stereocenters. The number of carboxylic acid groups (broad SMARTS) is 1. The predicted molar refractivity (Wildman–Crippen MR) is 165 cm³/mol. The normalized spacial score (nSPS) is 15.3. The van der Waals surface area contributed by atoms with Gasteiger partial charge >= 0.3 is 12.1 Å². The first-order valence-corrected chi connectivity index (χ1v) is 15.5. The van der Waals surface area contributed by atoms with E-state index >= 15 is 0 Å². The van der Waals surface area contributed by atoms with Crippen LogP contribution in [0.1, 0.15) is 46.3 Å². The first-order chi connectivity index (χ1) is 20.4. The zero-order valence-electron chi connectivity index (χ0n) is 24.1. The van der Waals surface area contributed by atoms with E-state index in [1.807, 2.05) is 79.9 Å². The second-order valence-electron chi connectivity index (χ2n) is 10.4. The van der Waals surface area contributed by atoms with Gasteiger partial charge in [0, 0.05) is 12.1 Å². The van der Waals surface area contributed by atoms with Gasteiger partial charge in [0.2, 0.25) is 0 Å². The summed E-state index contributed by atoms with van der Waals surface area (Å²) in [6.07, 6.45) is 3.64. The van der Waals surface area contributed by atoms with Crippen LogP contribution in [-0.4, -0.2) is 65.2 Å². The summed E-state index contributed by atoms with van der Waals surface area (Å²) in [6.45, 7) is 3.52. The number of carbonyl (C=O) groups excluding carboxylic acids is 2. The molecule has 2 atom stereocenters. The quantitative estimate of drug-likeness (QED) is 0.255. The Morgan fingerprint density at radius 1 is 1.00 bits per heavy atom. The van der Waals surface area contributed by atoms with Crippen LogP contribution >= 0.6 is 11.8 Å². The molecule has 2 amide bonds. The Morgan fingerprint density at radius 2 is 1.76 bits per heavy atom. The van der Waals surface area contributed by atoms with Crippen LogP contribution < -0.4 is 5.32 Å². The Balaban J connectivity index is 1.43. The van der Waals surface area contributed by atoms with E-state index in [4.69, 9.17) is 9.47 Å². The minimum absolute atomic E-state index is 0.0663. The summed E-state index contributed by atoms with van der Waals surface area (Å²) in [5, 5.41) is 12.3. The minimum Gasteiger partial charge on any atom is -0.480 e. The topological polar surface area (TPSA) is 105 Å². The van der Waals surface area contributed by atoms with Crippen molar-refractivity contribution in [1.29, 1.82) is 0 Å². The number of hydrogen-bond donors (Lipinski definition) is 2. The number of aliphatic carboxylic acids is 1. The molecule has 1 fully saturated rings. The number of benzene rings is 3. The second-order valence-corrected chi connectivity index (χ2v) is 11.4. The van der Waals surface area contributed by atoms with E-state index < -0.39 is 17.9 Å². The van der Waals surface area contributed by atoms with Crippen molar-refractivity contribution in [2.24, 2.45) is 0 Å². The third-order valence-electron chi connectivity index (χ3n) is 7.37. The molecule has 0 bridgehead atoms. The SMILES string of the molecule is CSCCC(NC(=O)c1ccc(COCC2CCCN2C(=O)OCc2ccccc2)cc1-c1ccccc1C)C(=O)O. The van der Waals surface area contributed by atoms with Crippen LogP contribution in [0.2, 0.25) is 0 Å². The molecule has 2 N–H and O–H groups in total. The lowest BCUT2D eigenvalue weighted by molar-refractivity contribution is -0.139. The lowest BCUT2D eigenvalue weighted by Gasteiger charge is -2.24. The largest absolute Gasteiger partial charge is 0.480 e. The maximum atomic E-state index is 13.3. The van der Waals surface area contributed by atoms with Crippen LogP contribution in [0.25, 0.3) is 11.1 Å². The van der Waals surface area contributed by atoms with E-state index in [1.165, 1.54) is 11.8 Å². The lowest BCUT2D eigenvalue weighted by atomic mass is 9.93. The second kappa shape index (κ2) is 15.4. The summed E-state index contributed by atoms with van der Waals surface area (Å²) in [5.41, 5.74) is 4.83. The number of aryl methyl sites for hydroxylation is 1. The molecule has 1 heterocycles. The summed E-state index contributed by atoms with van der Waals surface area (Å²) >= 11 is 1.54. The smallest absolute Gasteiger partial charge is 0.410 e. The fourth-order valence-electron chi connectivity index (χ4n) is 5.07. The fraction of sp³-hybridized carbons (Fsp3) is 0.364. The van der Waals surface area contributed by atoms with Gasteiger partial charge in [0.05, 0.1) is 19.3 Å². The van der Waals surface area contributed by atoms with Gasteiger partial charge in [0.1, 0.15) is 12.6 Å². The van der Waals surface area contributed by atoms with E-state index in [-0.39, 0.29) is 18.7 Å². The van der Waals surface area contributed by atoms with E-state index in [0.29, 0.717) is 43.1 Å². The molecule has 4 rings (SSSR count). The van der Waals surface area contributed by atoms with Gasteiger partial charge in [-0.2, -0.15) is 11.8 Å². The molecule has 1 aliphatic rings. The number of ether oxygens (including phenoxy) is 2. The molecule has 0 aromatic heterocycles. The number of thioether (sulfide) groups is 1. The fourth-order valence-corrected chi connectivity index (χ4v) is 5.54. The highest BCUT2D eigenvalue weighted by Crippen LogP contribution is 2.29. The average Bonchev–Trinajstić information content (AvgIpc) is 3.47. The number of nitrogens with one attached hydrogen (secondary N) is 1. The Bertz CT molecular complexity index is 1370. The summed E-state index contributed by atoms with van der Waals surface area (Å²) in [4.78, 5) is 39.6. The lowest BCUT2D eigenvalue weighted by Crippen LogP contribution is -2.41. The molecule has 8 nitrogen and oxygen atoms in total. The highest BCUT2D eigenvalue weighted by molar-refractivity contribution is 7.98. The number of nitrogens with zero attached hydrogens (tertiary/aromatic N) is 1. The van der Waals surface area contributed by atoms with Gasteiger partial charge < -0.3 is 24.8 Å². The van der Waals surface area contributed by atoms with Crippen molar-refractivity contribution in [2.75, 3.05) is 25.2 Å². The van der Waals surface area contributed by atoms with Gasteiger partial charge in [-0.05, 0) is 78.1 Å². The van der Waals surface area contributed by atoms with Gasteiger partial charge in [0.25, 0.3) is 5.91 Å². The molecule has 222 valence electrons. The van der Waals surface area contributed by atoms with E-state index in [1.54, 1.807) is 11.0 Å². The number of carbonyl (C=O) groups is 3. The summed E-state index contributed by atoms with van der Waals surface area (Å²) in [5.74, 6) is -0.851. The molecule has 42 heavy (non-hydrogen) atoms. The van der Waals surface area contributed by atoms with Gasteiger partial charge in [0.15, 0.2) is 0 Å². The number of hydrogen-bond acceptors (Lipinski definition) is 6. The minimum atomic E-state index is -1.05. The summed E-state index contributed by atoms with van der Waals surface area (Å²) < 4.78 is 11.6. The number of rotatable bonds is 13. The van der Waals surface area contributed by atoms with E-state index in [2.05, 4.69) is 5.32 Å². The van der Waals surface area contributed by atoms with Gasteiger partial charge in [-0.15, -0.1) is 0 Å². The van der Waals surface area contributed by atoms with Crippen LogP contribution in [-0.2, 0) is 27.5 Å². The van der Waals surface area contributed by atoms with E-state index in [0.717, 1.165) is 35.1 Å². The molecule has 0 aliphatic carbocycles. The number of amides is 2. The standard InChI is InChI=1S/C33H38N2O6S/c1-23-9-6-7-13-27(23)29-19-25(14-15-28(29)31(36)34-30(32(37)38)16-18-42-2)20-40-22-26-12-8-17-35(26)33(39)41-21-24-10-4-3-5-11-24/h3-7,9-11,13-15,19,26,30H,8,12,16-18,20-22H2,1-2H3,(H,34,36)(H,37,38). The predicted octanol–water partition coefficient (Wildman–Crippen LogP) is 5.92. The van der Waals surface area contributed by atoms with Crippen LogP contribution in [0, 0.1) is 6.92 Å². The third kappa shape index (κ3) is 8.36. The van der Waals surface area contributed by atoms with Gasteiger partial charge in [-0.3, -0.25) is 4.79 Å². The maximum absolute atomic E-state index is 13.3. The van der Waals surface area contributed by atoms with Crippen molar-refractivity contribution in [3.05, 3.63) is 95.1 Å². The molecular formula is C33H38N2O6S. The van der Waals surface area contributed by atoms with Crippen molar-refractivity contribution in [1.82, 2.24) is 10.2 Å². The molecular weight excluding hydrogens is 552 g/mol. The van der Waals surface area contributed by atoms with Crippen molar-refractivity contribution in [3.63, 3.8) is 0 Å². The number of likely N-dealkylation sites (tertiary alicyclic amines) is 1. The Hall–Kier alpha value is -3.82. The molecule has 9 heteroatoms. The first-order valence-electron chi connectivity index (χ1n) is 14.1. The Kier molecular flexibility index (Phi) is 11.4. The van der Waals surface area contributed by atoms with Crippen molar-refractivity contribution in [3.8, 4) is 11.1 Å². The molecule has 0 radical (unpaired) electrons. The zero-order chi connectivity index (χ0) is 29.9. The third-order valence-corrected chi connectivity index (χ3v) is 8.02. The van der Waals surface area contributed by atoms with E-state index in [9.17, 15) is 19.5 Å². The van der Waals surface area contributed by atoms with Crippen LogP contribution in [0.5, 0.6) is 0 Å².